The number of ether oxygens (including phenoxy) is 2. The van der Waals surface area contributed by atoms with Gasteiger partial charge in [0.1, 0.15) is 11.8 Å². The topological polar surface area (TPSA) is 88.2 Å². The van der Waals surface area contributed by atoms with E-state index in [1.807, 2.05) is 4.90 Å². The lowest BCUT2D eigenvalue weighted by Gasteiger charge is -2.39. The van der Waals surface area contributed by atoms with Gasteiger partial charge in [0.15, 0.2) is 0 Å². The SMILES string of the molecule is COc1cccc(C(=O)N[C@H](C(=O)N2CCOCC2)C2CCN(C(=O)CC(C)(C)C)CC2)c1. The Bertz CT molecular complexity index is 837. The van der Waals surface area contributed by atoms with Gasteiger partial charge in [-0.3, -0.25) is 14.4 Å². The van der Waals surface area contributed by atoms with Crippen molar-refractivity contribution in [2.45, 2.75) is 46.1 Å². The van der Waals surface area contributed by atoms with Crippen LogP contribution in [0.4, 0.5) is 0 Å². The van der Waals surface area contributed by atoms with E-state index < -0.39 is 6.04 Å². The third-order valence-corrected chi connectivity index (χ3v) is 6.25. The fourth-order valence-corrected chi connectivity index (χ4v) is 4.40. The van der Waals surface area contributed by atoms with E-state index in [0.29, 0.717) is 70.0 Å². The van der Waals surface area contributed by atoms with Gasteiger partial charge >= 0.3 is 0 Å². The molecule has 2 fully saturated rings. The molecule has 182 valence electrons. The molecule has 0 bridgehead atoms. The predicted molar refractivity (Wildman–Crippen MR) is 125 cm³/mol. The summed E-state index contributed by atoms with van der Waals surface area (Å²) in [4.78, 5) is 42.8. The van der Waals surface area contributed by atoms with E-state index in [1.165, 1.54) is 0 Å². The van der Waals surface area contributed by atoms with Gasteiger partial charge in [0, 0.05) is 38.2 Å². The van der Waals surface area contributed by atoms with E-state index in [4.69, 9.17) is 9.47 Å². The smallest absolute Gasteiger partial charge is 0.252 e. The standard InChI is InChI=1S/C25H37N3O5/c1-25(2,3)17-21(29)27-10-8-18(9-11-27)22(24(31)28-12-14-33-15-13-28)26-23(30)19-6-5-7-20(16-19)32-4/h5-7,16,18,22H,8-15,17H2,1-4H3,(H,26,30)/t22-/m0/s1. The first kappa shape index (κ1) is 25.0. The Hall–Kier alpha value is -2.61. The molecule has 0 aromatic heterocycles. The van der Waals surface area contributed by atoms with E-state index in [2.05, 4.69) is 26.1 Å². The second-order valence-electron chi connectivity index (χ2n) is 10.1. The van der Waals surface area contributed by atoms with Crippen molar-refractivity contribution >= 4 is 17.7 Å². The number of nitrogens with zero attached hydrogens (tertiary/aromatic N) is 2. The molecule has 3 amide bonds. The predicted octanol–water partition coefficient (Wildman–Crippen LogP) is 2.33. The third kappa shape index (κ3) is 6.93. The van der Waals surface area contributed by atoms with Gasteiger partial charge in [-0.05, 0) is 42.4 Å². The fraction of sp³-hybridized carbons (Fsp3) is 0.640. The van der Waals surface area contributed by atoms with Gasteiger partial charge in [0.25, 0.3) is 5.91 Å². The number of likely N-dealkylation sites (tertiary alicyclic amines) is 1. The molecule has 3 rings (SSSR count). The number of nitrogens with one attached hydrogen (secondary N) is 1. The number of carbonyl (C=O) groups is 3. The molecule has 2 heterocycles. The third-order valence-electron chi connectivity index (χ3n) is 6.25. The summed E-state index contributed by atoms with van der Waals surface area (Å²) in [6.07, 6.45) is 1.85. The van der Waals surface area contributed by atoms with Crippen LogP contribution in [0, 0.1) is 11.3 Å². The first-order valence-corrected chi connectivity index (χ1v) is 11.8. The molecule has 2 aliphatic rings. The number of benzene rings is 1. The number of carbonyl (C=O) groups excluding carboxylic acids is 3. The second kappa shape index (κ2) is 11.0. The number of amides is 3. The number of hydrogen-bond donors (Lipinski definition) is 1. The maximum absolute atomic E-state index is 13.4. The van der Waals surface area contributed by atoms with Gasteiger partial charge in [-0.15, -0.1) is 0 Å². The zero-order valence-corrected chi connectivity index (χ0v) is 20.3. The molecule has 0 unspecified atom stereocenters. The molecule has 1 aromatic rings. The van der Waals surface area contributed by atoms with Gasteiger partial charge in [-0.1, -0.05) is 26.8 Å². The normalized spacial score (nSPS) is 18.5. The van der Waals surface area contributed by atoms with E-state index in [-0.39, 0.29) is 29.1 Å². The lowest BCUT2D eigenvalue weighted by molar-refractivity contribution is -0.140. The molecule has 8 heteroatoms. The van der Waals surface area contributed by atoms with E-state index in [0.717, 1.165) is 0 Å². The van der Waals surface area contributed by atoms with Crippen molar-refractivity contribution in [3.63, 3.8) is 0 Å². The quantitative estimate of drug-likeness (QED) is 0.705. The Kier molecular flexibility index (Phi) is 8.35. The Balaban J connectivity index is 1.71. The van der Waals surface area contributed by atoms with Gasteiger partial charge < -0.3 is 24.6 Å². The molecule has 0 radical (unpaired) electrons. The summed E-state index contributed by atoms with van der Waals surface area (Å²) in [5.41, 5.74) is 0.389. The number of piperidine rings is 1. The first-order chi connectivity index (χ1) is 15.7. The highest BCUT2D eigenvalue weighted by atomic mass is 16.5. The molecular weight excluding hydrogens is 422 g/mol. The van der Waals surface area contributed by atoms with Crippen LogP contribution in [0.25, 0.3) is 0 Å². The number of morpholine rings is 1. The number of hydrogen-bond acceptors (Lipinski definition) is 5. The van der Waals surface area contributed by atoms with Crippen molar-refractivity contribution in [1.29, 1.82) is 0 Å². The summed E-state index contributed by atoms with van der Waals surface area (Å²) in [5, 5.41) is 3.00. The maximum Gasteiger partial charge on any atom is 0.252 e. The summed E-state index contributed by atoms with van der Waals surface area (Å²) in [6.45, 7) is 9.42. The zero-order valence-electron chi connectivity index (χ0n) is 20.3. The van der Waals surface area contributed by atoms with Crippen molar-refractivity contribution in [2.75, 3.05) is 46.5 Å². The van der Waals surface area contributed by atoms with Crippen LogP contribution in [0.15, 0.2) is 24.3 Å². The minimum absolute atomic E-state index is 0.0337. The second-order valence-corrected chi connectivity index (χ2v) is 10.1. The van der Waals surface area contributed by atoms with Gasteiger partial charge in [-0.2, -0.15) is 0 Å². The van der Waals surface area contributed by atoms with Crippen molar-refractivity contribution in [3.8, 4) is 5.75 Å². The maximum atomic E-state index is 13.4. The monoisotopic (exact) mass is 459 g/mol. The molecule has 0 saturated carbocycles. The van der Waals surface area contributed by atoms with Crippen LogP contribution < -0.4 is 10.1 Å². The Morgan fingerprint density at radius 3 is 2.36 bits per heavy atom. The number of rotatable bonds is 6. The highest BCUT2D eigenvalue weighted by molar-refractivity contribution is 5.98. The molecule has 1 atom stereocenters. The zero-order chi connectivity index (χ0) is 24.0. The Morgan fingerprint density at radius 2 is 1.76 bits per heavy atom. The fourth-order valence-electron chi connectivity index (χ4n) is 4.40. The largest absolute Gasteiger partial charge is 0.497 e. The van der Waals surface area contributed by atoms with Crippen molar-refractivity contribution in [3.05, 3.63) is 29.8 Å². The van der Waals surface area contributed by atoms with Crippen LogP contribution in [0.5, 0.6) is 5.75 Å². The molecule has 0 spiro atoms. The molecule has 0 aliphatic carbocycles. The minimum Gasteiger partial charge on any atom is -0.497 e. The summed E-state index contributed by atoms with van der Waals surface area (Å²) in [5.74, 6) is 0.330. The highest BCUT2D eigenvalue weighted by Gasteiger charge is 2.37. The Morgan fingerprint density at radius 1 is 1.09 bits per heavy atom. The van der Waals surface area contributed by atoms with Gasteiger partial charge in [0.05, 0.1) is 20.3 Å². The van der Waals surface area contributed by atoms with Crippen molar-refractivity contribution in [2.24, 2.45) is 11.3 Å². The van der Waals surface area contributed by atoms with Crippen LogP contribution >= 0.6 is 0 Å². The van der Waals surface area contributed by atoms with Gasteiger partial charge in [0.2, 0.25) is 11.8 Å². The molecule has 2 aliphatic heterocycles. The first-order valence-electron chi connectivity index (χ1n) is 11.8. The van der Waals surface area contributed by atoms with Crippen LogP contribution in [0.3, 0.4) is 0 Å². The van der Waals surface area contributed by atoms with E-state index in [9.17, 15) is 14.4 Å². The molecular formula is C25H37N3O5. The van der Waals surface area contributed by atoms with Crippen LogP contribution in [-0.2, 0) is 14.3 Å². The summed E-state index contributed by atoms with van der Waals surface area (Å²) >= 11 is 0. The molecule has 2 saturated heterocycles. The van der Waals surface area contributed by atoms with Crippen molar-refractivity contribution in [1.82, 2.24) is 15.1 Å². The molecule has 1 N–H and O–H groups in total. The summed E-state index contributed by atoms with van der Waals surface area (Å²) in [6, 6.07) is 6.27. The summed E-state index contributed by atoms with van der Waals surface area (Å²) < 4.78 is 10.6. The molecule has 8 nitrogen and oxygen atoms in total. The van der Waals surface area contributed by atoms with Crippen LogP contribution in [0.2, 0.25) is 0 Å². The van der Waals surface area contributed by atoms with Crippen LogP contribution in [0.1, 0.15) is 50.4 Å². The number of methoxy groups -OCH3 is 1. The van der Waals surface area contributed by atoms with Crippen LogP contribution in [-0.4, -0.2) is 80.1 Å². The minimum atomic E-state index is -0.637. The lowest BCUT2D eigenvalue weighted by atomic mass is 9.86. The van der Waals surface area contributed by atoms with E-state index in [1.54, 1.807) is 36.3 Å². The van der Waals surface area contributed by atoms with Gasteiger partial charge in [-0.25, -0.2) is 0 Å². The molecule has 1 aromatic carbocycles. The van der Waals surface area contributed by atoms with E-state index >= 15 is 0 Å². The average molecular weight is 460 g/mol. The Labute approximate surface area is 196 Å². The average Bonchev–Trinajstić information content (AvgIpc) is 2.81. The molecule has 33 heavy (non-hydrogen) atoms. The highest BCUT2D eigenvalue weighted by Crippen LogP contribution is 2.26. The van der Waals surface area contributed by atoms with Crippen molar-refractivity contribution < 1.29 is 23.9 Å². The summed E-state index contributed by atoms with van der Waals surface area (Å²) in [7, 11) is 1.55. The lowest BCUT2D eigenvalue weighted by Crippen LogP contribution is -2.56.